The van der Waals surface area contributed by atoms with Crippen molar-refractivity contribution in [1.82, 2.24) is 4.90 Å². The average molecular weight is 199 g/mol. The summed E-state index contributed by atoms with van der Waals surface area (Å²) in [6.07, 6.45) is 1.87. The largest absolute Gasteiger partial charge is 0.480 e. The van der Waals surface area contributed by atoms with E-state index in [2.05, 4.69) is 13.5 Å². The summed E-state index contributed by atoms with van der Waals surface area (Å²) in [5.74, 6) is -0.769. The number of carbonyl (C=O) groups is 1. The third kappa shape index (κ3) is 5.02. The fraction of sp³-hybridized carbons (Fsp3) is 0.727. The normalized spacial score (nSPS) is 12.9. The zero-order chi connectivity index (χ0) is 11.1. The minimum absolute atomic E-state index is 0.105. The van der Waals surface area contributed by atoms with Crippen LogP contribution in [0.2, 0.25) is 0 Å². The van der Waals surface area contributed by atoms with Gasteiger partial charge < -0.3 is 5.11 Å². The Hall–Kier alpha value is -0.830. The molecule has 0 fully saturated rings. The van der Waals surface area contributed by atoms with Gasteiger partial charge >= 0.3 is 5.97 Å². The molecule has 0 aliphatic heterocycles. The molecule has 14 heavy (non-hydrogen) atoms. The summed E-state index contributed by atoms with van der Waals surface area (Å²) < 4.78 is 0. The lowest BCUT2D eigenvalue weighted by molar-refractivity contribution is -0.138. The highest BCUT2D eigenvalue weighted by atomic mass is 16.4. The molecule has 0 saturated heterocycles. The van der Waals surface area contributed by atoms with Crippen LogP contribution in [0, 0.1) is 0 Å². The van der Waals surface area contributed by atoms with Gasteiger partial charge in [-0.2, -0.15) is 0 Å². The zero-order valence-corrected chi connectivity index (χ0v) is 9.42. The SMILES string of the molecule is C=C(CC)CN(CC(=O)O)C(C)CC. The second-order valence-electron chi connectivity index (χ2n) is 3.66. The predicted molar refractivity (Wildman–Crippen MR) is 58.4 cm³/mol. The number of hydrogen-bond donors (Lipinski definition) is 1. The van der Waals surface area contributed by atoms with E-state index in [9.17, 15) is 4.79 Å². The molecule has 0 aliphatic carbocycles. The van der Waals surface area contributed by atoms with E-state index in [0.29, 0.717) is 12.6 Å². The van der Waals surface area contributed by atoms with Crippen molar-refractivity contribution in [3.8, 4) is 0 Å². The Balaban J connectivity index is 4.23. The van der Waals surface area contributed by atoms with Crippen LogP contribution >= 0.6 is 0 Å². The lowest BCUT2D eigenvalue weighted by Gasteiger charge is -2.27. The molecule has 0 radical (unpaired) electrons. The van der Waals surface area contributed by atoms with Gasteiger partial charge in [-0.05, 0) is 19.8 Å². The molecule has 0 aromatic carbocycles. The van der Waals surface area contributed by atoms with Crippen molar-refractivity contribution < 1.29 is 9.90 Å². The lowest BCUT2D eigenvalue weighted by atomic mass is 10.1. The average Bonchev–Trinajstić information content (AvgIpc) is 2.14. The maximum absolute atomic E-state index is 10.6. The van der Waals surface area contributed by atoms with Crippen LogP contribution in [-0.2, 0) is 4.79 Å². The Bertz CT molecular complexity index is 201. The van der Waals surface area contributed by atoms with Crippen LogP contribution < -0.4 is 0 Å². The molecule has 0 bridgehead atoms. The fourth-order valence-electron chi connectivity index (χ4n) is 1.20. The number of carboxylic acid groups (broad SMARTS) is 1. The molecule has 0 amide bonds. The number of hydrogen-bond acceptors (Lipinski definition) is 2. The second-order valence-corrected chi connectivity index (χ2v) is 3.66. The maximum atomic E-state index is 10.6. The van der Waals surface area contributed by atoms with Crippen molar-refractivity contribution >= 4 is 5.97 Å². The Kier molecular flexibility index (Phi) is 6.21. The van der Waals surface area contributed by atoms with Crippen LogP contribution in [0.25, 0.3) is 0 Å². The zero-order valence-electron chi connectivity index (χ0n) is 9.42. The van der Waals surface area contributed by atoms with Crippen molar-refractivity contribution in [2.75, 3.05) is 13.1 Å². The first-order valence-electron chi connectivity index (χ1n) is 5.13. The molecule has 82 valence electrons. The summed E-state index contributed by atoms with van der Waals surface area (Å²) in [5.41, 5.74) is 1.09. The van der Waals surface area contributed by atoms with E-state index in [1.807, 2.05) is 18.7 Å². The maximum Gasteiger partial charge on any atom is 0.317 e. The summed E-state index contributed by atoms with van der Waals surface area (Å²) in [4.78, 5) is 12.6. The quantitative estimate of drug-likeness (QED) is 0.639. The molecule has 0 saturated carbocycles. The van der Waals surface area contributed by atoms with Crippen LogP contribution in [0.1, 0.15) is 33.6 Å². The predicted octanol–water partition coefficient (Wildman–Crippen LogP) is 2.14. The van der Waals surface area contributed by atoms with Crippen molar-refractivity contribution in [2.45, 2.75) is 39.7 Å². The first-order chi connectivity index (χ1) is 6.51. The Morgan fingerprint density at radius 2 is 2.00 bits per heavy atom. The molecule has 0 aromatic rings. The van der Waals surface area contributed by atoms with Gasteiger partial charge in [0.1, 0.15) is 0 Å². The van der Waals surface area contributed by atoms with E-state index in [1.54, 1.807) is 0 Å². The van der Waals surface area contributed by atoms with Gasteiger partial charge in [-0.3, -0.25) is 9.69 Å². The van der Waals surface area contributed by atoms with Gasteiger partial charge in [-0.25, -0.2) is 0 Å². The van der Waals surface area contributed by atoms with Crippen LogP contribution in [-0.4, -0.2) is 35.1 Å². The van der Waals surface area contributed by atoms with Crippen LogP contribution in [0.3, 0.4) is 0 Å². The highest BCUT2D eigenvalue weighted by molar-refractivity contribution is 5.69. The molecule has 0 aliphatic rings. The highest BCUT2D eigenvalue weighted by Crippen LogP contribution is 2.08. The number of rotatable bonds is 7. The van der Waals surface area contributed by atoms with Crippen molar-refractivity contribution in [2.24, 2.45) is 0 Å². The molecule has 1 unspecified atom stereocenters. The monoisotopic (exact) mass is 199 g/mol. The third-order valence-electron chi connectivity index (χ3n) is 2.48. The number of carboxylic acids is 1. The van der Waals surface area contributed by atoms with E-state index >= 15 is 0 Å². The van der Waals surface area contributed by atoms with Crippen molar-refractivity contribution in [1.29, 1.82) is 0 Å². The summed E-state index contributed by atoms with van der Waals surface area (Å²) in [5, 5.41) is 8.74. The number of aliphatic carboxylic acids is 1. The highest BCUT2D eigenvalue weighted by Gasteiger charge is 2.15. The third-order valence-corrected chi connectivity index (χ3v) is 2.48. The summed E-state index contributed by atoms with van der Waals surface area (Å²) in [7, 11) is 0. The standard InChI is InChI=1S/C11H21NO2/c1-5-9(3)7-12(8-11(13)14)10(4)6-2/h10H,3,5-8H2,1-2,4H3,(H,13,14). The molecule has 1 atom stereocenters. The number of nitrogens with zero attached hydrogens (tertiary/aromatic N) is 1. The molecular weight excluding hydrogens is 178 g/mol. The van der Waals surface area contributed by atoms with Gasteiger partial charge in [-0.15, -0.1) is 0 Å². The van der Waals surface area contributed by atoms with Gasteiger partial charge in [0.05, 0.1) is 6.54 Å². The van der Waals surface area contributed by atoms with E-state index in [-0.39, 0.29) is 6.54 Å². The molecule has 0 spiro atoms. The molecule has 3 heteroatoms. The molecule has 3 nitrogen and oxygen atoms in total. The van der Waals surface area contributed by atoms with Crippen molar-refractivity contribution in [3.05, 3.63) is 12.2 Å². The van der Waals surface area contributed by atoms with Crippen LogP contribution in [0.5, 0.6) is 0 Å². The van der Waals surface area contributed by atoms with E-state index in [4.69, 9.17) is 5.11 Å². The first kappa shape index (κ1) is 13.2. The lowest BCUT2D eigenvalue weighted by Crippen LogP contribution is -2.38. The summed E-state index contributed by atoms with van der Waals surface area (Å²) in [6, 6.07) is 0.300. The first-order valence-corrected chi connectivity index (χ1v) is 5.13. The summed E-state index contributed by atoms with van der Waals surface area (Å²) >= 11 is 0. The van der Waals surface area contributed by atoms with E-state index < -0.39 is 5.97 Å². The van der Waals surface area contributed by atoms with Crippen LogP contribution in [0.15, 0.2) is 12.2 Å². The summed E-state index contributed by atoms with van der Waals surface area (Å²) in [6.45, 7) is 10.9. The molecule has 0 heterocycles. The van der Waals surface area contributed by atoms with E-state index in [1.165, 1.54) is 0 Å². The molecule has 1 N–H and O–H groups in total. The fourth-order valence-corrected chi connectivity index (χ4v) is 1.20. The molecular formula is C11H21NO2. The Morgan fingerprint density at radius 3 is 2.36 bits per heavy atom. The van der Waals surface area contributed by atoms with Gasteiger partial charge in [-0.1, -0.05) is 26.0 Å². The van der Waals surface area contributed by atoms with Gasteiger partial charge in [0.15, 0.2) is 0 Å². The minimum Gasteiger partial charge on any atom is -0.480 e. The van der Waals surface area contributed by atoms with Crippen LogP contribution in [0.4, 0.5) is 0 Å². The molecule has 0 aromatic heterocycles. The second kappa shape index (κ2) is 6.60. The van der Waals surface area contributed by atoms with Gasteiger partial charge in [0.2, 0.25) is 0 Å². The van der Waals surface area contributed by atoms with Gasteiger partial charge in [0, 0.05) is 12.6 Å². The van der Waals surface area contributed by atoms with E-state index in [0.717, 1.165) is 18.4 Å². The topological polar surface area (TPSA) is 40.5 Å². The minimum atomic E-state index is -0.769. The Labute approximate surface area is 86.4 Å². The van der Waals surface area contributed by atoms with Crippen molar-refractivity contribution in [3.63, 3.8) is 0 Å². The molecule has 0 rings (SSSR count). The smallest absolute Gasteiger partial charge is 0.317 e. The van der Waals surface area contributed by atoms with Gasteiger partial charge in [0.25, 0.3) is 0 Å². The Morgan fingerprint density at radius 1 is 1.43 bits per heavy atom.